The number of nitrogen functional groups attached to an aromatic ring is 1. The summed E-state index contributed by atoms with van der Waals surface area (Å²) in [5.74, 6) is 1.58. The molecular weight excluding hydrogens is 344 g/mol. The summed E-state index contributed by atoms with van der Waals surface area (Å²) in [5.41, 5.74) is 8.46. The number of rotatable bonds is 3. The van der Waals surface area contributed by atoms with Crippen LogP contribution in [-0.2, 0) is 4.74 Å². The van der Waals surface area contributed by atoms with Gasteiger partial charge in [0.15, 0.2) is 0 Å². The fourth-order valence-corrected chi connectivity index (χ4v) is 2.24. The average Bonchev–Trinajstić information content (AvgIpc) is 2.58. The number of anilines is 2. The van der Waals surface area contributed by atoms with Gasteiger partial charge in [-0.15, -0.1) is 0 Å². The number of hydrogen-bond acceptors (Lipinski definition) is 5. The molecule has 0 atom stereocenters. The molecule has 2 aromatic rings. The predicted molar refractivity (Wildman–Crippen MR) is 110 cm³/mol. The van der Waals surface area contributed by atoms with Crippen LogP contribution >= 0.6 is 0 Å². The number of nitrogens with two attached hydrogens (primary N) is 1. The van der Waals surface area contributed by atoms with E-state index in [1.807, 2.05) is 71.0 Å². The zero-order valence-corrected chi connectivity index (χ0v) is 17.2. The minimum absolute atomic E-state index is 0.464. The molecule has 0 aliphatic carbocycles. The van der Waals surface area contributed by atoms with Gasteiger partial charge in [-0.05, 0) is 58.9 Å². The highest BCUT2D eigenvalue weighted by Crippen LogP contribution is 2.25. The third kappa shape index (κ3) is 7.09. The van der Waals surface area contributed by atoms with E-state index in [1.165, 1.54) is 0 Å². The lowest BCUT2D eigenvalue weighted by Gasteiger charge is -2.20. The van der Waals surface area contributed by atoms with Crippen LogP contribution in [0.5, 0.6) is 11.5 Å². The van der Waals surface area contributed by atoms with Crippen molar-refractivity contribution in [3.8, 4) is 11.5 Å². The summed E-state index contributed by atoms with van der Waals surface area (Å²) >= 11 is 0. The second kappa shape index (κ2) is 9.71. The summed E-state index contributed by atoms with van der Waals surface area (Å²) in [6.07, 6.45) is -0.464. The third-order valence-corrected chi connectivity index (χ3v) is 3.69. The van der Waals surface area contributed by atoms with Gasteiger partial charge in [0.2, 0.25) is 0 Å². The second-order valence-corrected chi connectivity index (χ2v) is 6.93. The molecule has 148 valence electrons. The predicted octanol–water partition coefficient (Wildman–Crippen LogP) is 4.94. The van der Waals surface area contributed by atoms with E-state index in [-0.39, 0.29) is 0 Å². The van der Waals surface area contributed by atoms with E-state index >= 15 is 0 Å². The molecule has 0 fully saturated rings. The van der Waals surface area contributed by atoms with Crippen LogP contribution in [0.25, 0.3) is 0 Å². The van der Waals surface area contributed by atoms with Crippen molar-refractivity contribution >= 4 is 17.5 Å². The van der Waals surface area contributed by atoms with Gasteiger partial charge in [0.25, 0.3) is 0 Å². The normalized spacial score (nSPS) is 10.3. The summed E-state index contributed by atoms with van der Waals surface area (Å²) in [5, 5.41) is 2.70. The Balaban J connectivity index is 0.000000309. The quantitative estimate of drug-likeness (QED) is 0.744. The molecule has 2 aromatic carbocycles. The van der Waals surface area contributed by atoms with Crippen molar-refractivity contribution in [2.75, 3.05) is 25.3 Å². The highest BCUT2D eigenvalue weighted by atomic mass is 16.6. The fourth-order valence-electron chi connectivity index (χ4n) is 2.24. The minimum atomic E-state index is -0.503. The Labute approximate surface area is 161 Å². The fraction of sp³-hybridized carbons (Fsp3) is 0.381. The molecule has 0 aliphatic rings. The molecule has 0 unspecified atom stereocenters. The van der Waals surface area contributed by atoms with E-state index in [2.05, 4.69) is 5.32 Å². The van der Waals surface area contributed by atoms with Gasteiger partial charge >= 0.3 is 6.09 Å². The molecule has 0 bridgehead atoms. The first-order valence-electron chi connectivity index (χ1n) is 8.61. The lowest BCUT2D eigenvalue weighted by molar-refractivity contribution is 0.0636. The SMILES string of the molecule is COc1cccc(N)c1C.COc1cccc(NC(=O)OC(C)(C)C)c1C. The number of ether oxygens (including phenoxy) is 3. The van der Waals surface area contributed by atoms with Crippen molar-refractivity contribution in [2.45, 2.75) is 40.2 Å². The minimum Gasteiger partial charge on any atom is -0.496 e. The van der Waals surface area contributed by atoms with E-state index in [1.54, 1.807) is 14.2 Å². The molecule has 0 radical (unpaired) electrons. The van der Waals surface area contributed by atoms with Crippen molar-refractivity contribution < 1.29 is 19.0 Å². The number of hydrogen-bond donors (Lipinski definition) is 2. The average molecular weight is 374 g/mol. The molecule has 0 saturated heterocycles. The Kier molecular flexibility index (Phi) is 7.97. The Morgan fingerprint density at radius 1 is 0.926 bits per heavy atom. The molecular formula is C21H30N2O4. The van der Waals surface area contributed by atoms with Crippen LogP contribution in [0.15, 0.2) is 36.4 Å². The molecule has 0 heterocycles. The molecule has 0 spiro atoms. The Bertz CT molecular complexity index is 767. The van der Waals surface area contributed by atoms with Crippen LogP contribution in [0.3, 0.4) is 0 Å². The zero-order chi connectivity index (χ0) is 20.6. The van der Waals surface area contributed by atoms with Crippen LogP contribution < -0.4 is 20.5 Å². The van der Waals surface area contributed by atoms with Gasteiger partial charge in [-0.1, -0.05) is 12.1 Å². The maximum atomic E-state index is 11.6. The first-order valence-corrected chi connectivity index (χ1v) is 8.61. The smallest absolute Gasteiger partial charge is 0.412 e. The second-order valence-electron chi connectivity index (χ2n) is 6.93. The van der Waals surface area contributed by atoms with Gasteiger partial charge in [-0.25, -0.2) is 4.79 Å². The summed E-state index contributed by atoms with van der Waals surface area (Å²) in [6, 6.07) is 11.1. The summed E-state index contributed by atoms with van der Waals surface area (Å²) in [4.78, 5) is 11.6. The van der Waals surface area contributed by atoms with Crippen LogP contribution in [0.2, 0.25) is 0 Å². The largest absolute Gasteiger partial charge is 0.496 e. The van der Waals surface area contributed by atoms with E-state index in [9.17, 15) is 4.79 Å². The molecule has 27 heavy (non-hydrogen) atoms. The number of carbonyl (C=O) groups is 1. The number of methoxy groups -OCH3 is 2. The first-order chi connectivity index (χ1) is 12.6. The summed E-state index contributed by atoms with van der Waals surface area (Å²) in [7, 11) is 3.24. The van der Waals surface area contributed by atoms with Crippen molar-refractivity contribution in [2.24, 2.45) is 0 Å². The molecule has 0 saturated carbocycles. The Morgan fingerprint density at radius 3 is 1.93 bits per heavy atom. The van der Waals surface area contributed by atoms with Gasteiger partial charge in [-0.3, -0.25) is 5.32 Å². The van der Waals surface area contributed by atoms with Gasteiger partial charge in [-0.2, -0.15) is 0 Å². The maximum Gasteiger partial charge on any atom is 0.412 e. The molecule has 3 N–H and O–H groups in total. The lowest BCUT2D eigenvalue weighted by atomic mass is 10.2. The van der Waals surface area contributed by atoms with Crippen molar-refractivity contribution in [3.63, 3.8) is 0 Å². The zero-order valence-electron chi connectivity index (χ0n) is 17.2. The lowest BCUT2D eigenvalue weighted by Crippen LogP contribution is -2.27. The highest BCUT2D eigenvalue weighted by molar-refractivity contribution is 5.86. The van der Waals surface area contributed by atoms with E-state index in [4.69, 9.17) is 19.9 Å². The van der Waals surface area contributed by atoms with Crippen molar-refractivity contribution in [3.05, 3.63) is 47.5 Å². The molecule has 2 rings (SSSR count). The molecule has 0 aliphatic heterocycles. The maximum absolute atomic E-state index is 11.6. The summed E-state index contributed by atoms with van der Waals surface area (Å²) < 4.78 is 15.4. The van der Waals surface area contributed by atoms with Gasteiger partial charge in [0, 0.05) is 16.8 Å². The Morgan fingerprint density at radius 2 is 1.44 bits per heavy atom. The standard InChI is InChI=1S/C13H19NO3.C8H11NO/c1-9-10(7-6-8-11(9)16-5)14-12(15)17-13(2,3)4;1-6-7(9)4-3-5-8(6)10-2/h6-8H,1-5H3,(H,14,15);3-5H,9H2,1-2H3. The monoisotopic (exact) mass is 374 g/mol. The van der Waals surface area contributed by atoms with Crippen LogP contribution in [-0.4, -0.2) is 25.9 Å². The molecule has 6 nitrogen and oxygen atoms in total. The number of nitrogens with one attached hydrogen (secondary N) is 1. The Hall–Kier alpha value is -2.89. The van der Waals surface area contributed by atoms with Gasteiger partial charge in [0.05, 0.1) is 19.9 Å². The molecule has 0 aromatic heterocycles. The van der Waals surface area contributed by atoms with Gasteiger partial charge < -0.3 is 19.9 Å². The van der Waals surface area contributed by atoms with Crippen LogP contribution in [0.4, 0.5) is 16.2 Å². The number of amides is 1. The molecule has 1 amide bonds. The third-order valence-electron chi connectivity index (χ3n) is 3.69. The van der Waals surface area contributed by atoms with Crippen molar-refractivity contribution in [1.29, 1.82) is 0 Å². The van der Waals surface area contributed by atoms with E-state index in [0.29, 0.717) is 5.69 Å². The number of carbonyl (C=O) groups excluding carboxylic acids is 1. The van der Waals surface area contributed by atoms with E-state index < -0.39 is 11.7 Å². The van der Waals surface area contributed by atoms with Crippen LogP contribution in [0.1, 0.15) is 31.9 Å². The highest BCUT2D eigenvalue weighted by Gasteiger charge is 2.17. The van der Waals surface area contributed by atoms with Crippen LogP contribution in [0, 0.1) is 13.8 Å². The first kappa shape index (κ1) is 22.2. The summed E-state index contributed by atoms with van der Waals surface area (Å²) in [6.45, 7) is 9.29. The van der Waals surface area contributed by atoms with Crippen molar-refractivity contribution in [1.82, 2.24) is 0 Å². The number of benzene rings is 2. The van der Waals surface area contributed by atoms with Gasteiger partial charge in [0.1, 0.15) is 17.1 Å². The molecule has 6 heteroatoms. The topological polar surface area (TPSA) is 82.8 Å². The van der Waals surface area contributed by atoms with E-state index in [0.717, 1.165) is 28.3 Å².